The predicted molar refractivity (Wildman–Crippen MR) is 107 cm³/mol. The lowest BCUT2D eigenvalue weighted by molar-refractivity contribution is -0.114. The fourth-order valence-corrected chi connectivity index (χ4v) is 2.06. The lowest BCUT2D eigenvalue weighted by Crippen LogP contribution is -2.02. The Bertz CT molecular complexity index is 735. The van der Waals surface area contributed by atoms with Gasteiger partial charge in [0.15, 0.2) is 5.78 Å². The molecule has 2 rings (SSSR count). The Morgan fingerprint density at radius 3 is 1.88 bits per heavy atom. The molecule has 0 heterocycles. The van der Waals surface area contributed by atoms with Crippen LogP contribution in [0.2, 0.25) is 0 Å². The Morgan fingerprint density at radius 2 is 1.44 bits per heavy atom. The predicted octanol–water partition coefficient (Wildman–Crippen LogP) is 6.15. The van der Waals surface area contributed by atoms with Crippen LogP contribution in [0.1, 0.15) is 26.3 Å². The van der Waals surface area contributed by atoms with E-state index in [1.165, 1.54) is 0 Å². The van der Waals surface area contributed by atoms with Gasteiger partial charge in [0, 0.05) is 6.42 Å². The molecule has 0 aliphatic carbocycles. The molecular weight excluding hydrogens is 308 g/mol. The van der Waals surface area contributed by atoms with E-state index in [4.69, 9.17) is 4.74 Å². The number of hydrogen-bond acceptors (Lipinski definition) is 2. The van der Waals surface area contributed by atoms with E-state index in [1.54, 1.807) is 13.0 Å². The van der Waals surface area contributed by atoms with Gasteiger partial charge in [0.05, 0.1) is 0 Å². The van der Waals surface area contributed by atoms with Crippen LogP contribution in [0.25, 0.3) is 11.1 Å². The number of rotatable bonds is 7. The van der Waals surface area contributed by atoms with E-state index >= 15 is 0 Å². The lowest BCUT2D eigenvalue weighted by Gasteiger charge is -2.07. The highest BCUT2D eigenvalue weighted by Gasteiger charge is 2.05. The maximum Gasteiger partial charge on any atom is 0.162 e. The molecule has 2 aromatic carbocycles. The molecule has 0 unspecified atom stereocenters. The van der Waals surface area contributed by atoms with Crippen LogP contribution >= 0.6 is 0 Å². The summed E-state index contributed by atoms with van der Waals surface area (Å²) in [6.07, 6.45) is 1.96. The fourth-order valence-electron chi connectivity index (χ4n) is 2.06. The highest BCUT2D eigenvalue weighted by atomic mass is 16.5. The highest BCUT2D eigenvalue weighted by molar-refractivity contribution is 5.95. The molecule has 2 aromatic rings. The molecule has 0 spiro atoms. The molecule has 2 heteroatoms. The van der Waals surface area contributed by atoms with Crippen molar-refractivity contribution in [1.82, 2.24) is 0 Å². The monoisotopic (exact) mass is 334 g/mol. The van der Waals surface area contributed by atoms with Crippen molar-refractivity contribution in [3.05, 3.63) is 91.2 Å². The molecule has 0 radical (unpaired) electrons. The molecule has 0 saturated carbocycles. The number of hydrogen-bond donors (Lipinski definition) is 0. The number of carbonyl (C=O) groups excluding carboxylic acids is 1. The molecule has 0 aliphatic heterocycles. The normalized spacial score (nSPS) is 9.40. The third kappa shape index (κ3) is 6.27. The Morgan fingerprint density at radius 1 is 0.960 bits per heavy atom. The van der Waals surface area contributed by atoms with E-state index in [2.05, 4.69) is 19.7 Å². The topological polar surface area (TPSA) is 26.3 Å². The Hall–Kier alpha value is -2.87. The summed E-state index contributed by atoms with van der Waals surface area (Å²) in [6.45, 7) is 16.7. The van der Waals surface area contributed by atoms with E-state index in [0.717, 1.165) is 22.4 Å². The smallest absolute Gasteiger partial charge is 0.162 e. The minimum atomic E-state index is 0.0710. The van der Waals surface area contributed by atoms with Gasteiger partial charge in [-0.3, -0.25) is 4.79 Å². The molecule has 0 amide bonds. The Labute approximate surface area is 151 Å². The van der Waals surface area contributed by atoms with Gasteiger partial charge in [0.25, 0.3) is 0 Å². The second kappa shape index (κ2) is 10.1. The zero-order chi connectivity index (χ0) is 18.8. The van der Waals surface area contributed by atoms with Crippen LogP contribution in [0.5, 0.6) is 5.75 Å². The zero-order valence-corrected chi connectivity index (χ0v) is 15.3. The minimum absolute atomic E-state index is 0.0710. The van der Waals surface area contributed by atoms with Crippen molar-refractivity contribution in [3.8, 4) is 16.9 Å². The first kappa shape index (κ1) is 20.2. The molecular formula is C23H26O2. The van der Waals surface area contributed by atoms with E-state index < -0.39 is 0 Å². The summed E-state index contributed by atoms with van der Waals surface area (Å²) < 4.78 is 5.48. The summed E-state index contributed by atoms with van der Waals surface area (Å²) in [5, 5.41) is 0. The third-order valence-electron chi connectivity index (χ3n) is 3.46. The average Bonchev–Trinajstić information content (AvgIpc) is 2.64. The molecule has 0 aromatic heterocycles. The minimum Gasteiger partial charge on any atom is -0.458 e. The molecule has 25 heavy (non-hydrogen) atoms. The summed E-state index contributed by atoms with van der Waals surface area (Å²) >= 11 is 0. The first-order valence-corrected chi connectivity index (χ1v) is 8.37. The van der Waals surface area contributed by atoms with Crippen LogP contribution in [-0.2, 0) is 11.2 Å². The number of allylic oxidation sites excluding steroid dienone is 2. The standard InChI is InChI=1S/C21H20O2.C2H6/c1-5-16(4)23-20-12-10-19(11-13-20)18-8-6-17(7-9-18)14-21(22)15(2)3;1-2/h5-13H,1-2,4,14H2,3H3;1-2H3. The number of ketones is 1. The van der Waals surface area contributed by atoms with Crippen LogP contribution < -0.4 is 4.74 Å². The van der Waals surface area contributed by atoms with Gasteiger partial charge in [0.2, 0.25) is 0 Å². The van der Waals surface area contributed by atoms with Gasteiger partial charge in [-0.1, -0.05) is 70.0 Å². The van der Waals surface area contributed by atoms with E-state index in [1.807, 2.05) is 62.4 Å². The van der Waals surface area contributed by atoms with Gasteiger partial charge >= 0.3 is 0 Å². The Balaban J connectivity index is 0.00000151. The summed E-state index contributed by atoms with van der Waals surface area (Å²) in [5.74, 6) is 1.31. The molecule has 0 aliphatic rings. The van der Waals surface area contributed by atoms with Crippen molar-refractivity contribution >= 4 is 5.78 Å². The summed E-state index contributed by atoms with van der Waals surface area (Å²) in [4.78, 5) is 11.7. The average molecular weight is 334 g/mol. The number of benzene rings is 2. The zero-order valence-electron chi connectivity index (χ0n) is 15.3. The second-order valence-corrected chi connectivity index (χ2v) is 5.37. The highest BCUT2D eigenvalue weighted by Crippen LogP contribution is 2.24. The quantitative estimate of drug-likeness (QED) is 0.345. The van der Waals surface area contributed by atoms with Gasteiger partial charge in [0.1, 0.15) is 11.5 Å². The molecule has 0 bridgehead atoms. The largest absolute Gasteiger partial charge is 0.458 e. The molecule has 0 fully saturated rings. The number of Topliss-reactive ketones (excluding diaryl/α,β-unsaturated/α-hetero) is 1. The van der Waals surface area contributed by atoms with Crippen LogP contribution in [0, 0.1) is 0 Å². The van der Waals surface area contributed by atoms with Crippen molar-refractivity contribution in [2.75, 3.05) is 0 Å². The van der Waals surface area contributed by atoms with Crippen molar-refractivity contribution in [1.29, 1.82) is 0 Å². The van der Waals surface area contributed by atoms with Gasteiger partial charge in [-0.25, -0.2) is 0 Å². The second-order valence-electron chi connectivity index (χ2n) is 5.37. The van der Waals surface area contributed by atoms with E-state index in [-0.39, 0.29) is 5.78 Å². The van der Waals surface area contributed by atoms with E-state index in [9.17, 15) is 4.79 Å². The lowest BCUT2D eigenvalue weighted by atomic mass is 10.0. The van der Waals surface area contributed by atoms with Crippen molar-refractivity contribution in [3.63, 3.8) is 0 Å². The van der Waals surface area contributed by atoms with Crippen LogP contribution in [0.15, 0.2) is 85.7 Å². The van der Waals surface area contributed by atoms with Crippen LogP contribution in [0.3, 0.4) is 0 Å². The van der Waals surface area contributed by atoms with E-state index in [0.29, 0.717) is 17.8 Å². The first-order valence-electron chi connectivity index (χ1n) is 8.37. The first-order chi connectivity index (χ1) is 12.0. The molecule has 0 saturated heterocycles. The number of carbonyl (C=O) groups is 1. The SMILES string of the molecule is C=CC(=C)Oc1ccc(-c2ccc(CC(=O)C(=C)C)cc2)cc1.CC. The molecule has 2 nitrogen and oxygen atoms in total. The summed E-state index contributed by atoms with van der Waals surface area (Å²) in [5.41, 5.74) is 3.75. The van der Waals surface area contributed by atoms with Gasteiger partial charge in [-0.15, -0.1) is 0 Å². The van der Waals surface area contributed by atoms with Gasteiger partial charge < -0.3 is 4.74 Å². The molecule has 0 N–H and O–H groups in total. The third-order valence-corrected chi connectivity index (χ3v) is 3.46. The van der Waals surface area contributed by atoms with Gasteiger partial charge in [-0.05, 0) is 47.4 Å². The summed E-state index contributed by atoms with van der Waals surface area (Å²) in [7, 11) is 0. The molecule has 130 valence electrons. The van der Waals surface area contributed by atoms with Crippen molar-refractivity contribution < 1.29 is 9.53 Å². The number of ether oxygens (including phenoxy) is 1. The maximum absolute atomic E-state index is 11.7. The molecule has 0 atom stereocenters. The van der Waals surface area contributed by atoms with Gasteiger partial charge in [-0.2, -0.15) is 0 Å². The van der Waals surface area contributed by atoms with Crippen LogP contribution in [-0.4, -0.2) is 5.78 Å². The van der Waals surface area contributed by atoms with Crippen molar-refractivity contribution in [2.45, 2.75) is 27.2 Å². The Kier molecular flexibility index (Phi) is 8.14. The van der Waals surface area contributed by atoms with Crippen molar-refractivity contribution in [2.24, 2.45) is 0 Å². The fraction of sp³-hybridized carbons (Fsp3) is 0.174. The maximum atomic E-state index is 11.7. The summed E-state index contributed by atoms with van der Waals surface area (Å²) in [6, 6.07) is 15.7. The van der Waals surface area contributed by atoms with Crippen LogP contribution in [0.4, 0.5) is 0 Å².